The Bertz CT molecular complexity index is 2640. The molecule has 36 rings (SSSR count). The van der Waals surface area contributed by atoms with Gasteiger partial charge in [-0.3, -0.25) is 9.80 Å². The Morgan fingerprint density at radius 2 is 0.364 bits per heavy atom. The molecule has 3 aromatic heterocycles. The molecular formula is C66H72N8S3. The van der Waals surface area contributed by atoms with Crippen molar-refractivity contribution in [3.63, 3.8) is 0 Å². The number of thiophene rings is 3. The minimum atomic E-state index is 0.848. The lowest BCUT2D eigenvalue weighted by molar-refractivity contribution is 0.271. The fourth-order valence-electron chi connectivity index (χ4n) is 10.2. The summed E-state index contributed by atoms with van der Waals surface area (Å²) >= 11 is 5.60. The SMILES string of the molecule is c1cc2ccc1CNCCN1CCNCc3ccc(cc3)-c3ccc(s3)-c3ccc(cc3)CNCCN(CCNCc3ccc(cc3)-c3ccc-2s3)CCNCc2ccc(cc2)-c2ccc(s2)-c2ccc(cc2)CNCC1. The van der Waals surface area contributed by atoms with Crippen LogP contribution in [0.15, 0.2) is 182 Å². The highest BCUT2D eigenvalue weighted by Crippen LogP contribution is 2.37. The van der Waals surface area contributed by atoms with E-state index in [4.69, 9.17) is 0 Å². The second-order valence-corrected chi connectivity index (χ2v) is 23.7. The van der Waals surface area contributed by atoms with Crippen molar-refractivity contribution >= 4 is 34.0 Å². The van der Waals surface area contributed by atoms with Crippen molar-refractivity contribution in [2.45, 2.75) is 39.3 Å². The number of hydrogen-bond acceptors (Lipinski definition) is 11. The van der Waals surface area contributed by atoms with Gasteiger partial charge in [0.1, 0.15) is 0 Å². The smallest absolute Gasteiger partial charge is 0.0349 e. The number of rotatable bonds is 0. The summed E-state index contributed by atoms with van der Waals surface area (Å²) in [6.07, 6.45) is 0. The van der Waals surface area contributed by atoms with Crippen LogP contribution in [0, 0.1) is 0 Å². The number of nitrogens with zero attached hydrogens (tertiary/aromatic N) is 2. The van der Waals surface area contributed by atoms with Crippen LogP contribution in [0.2, 0.25) is 0 Å². The van der Waals surface area contributed by atoms with Crippen molar-refractivity contribution in [3.05, 3.63) is 215 Å². The van der Waals surface area contributed by atoms with E-state index >= 15 is 0 Å². The highest BCUT2D eigenvalue weighted by atomic mass is 32.1. The van der Waals surface area contributed by atoms with Gasteiger partial charge in [-0.25, -0.2) is 0 Å². The third-order valence-electron chi connectivity index (χ3n) is 14.9. The zero-order valence-electron chi connectivity index (χ0n) is 44.2. The minimum absolute atomic E-state index is 0.848. The average Bonchev–Trinajstić information content (AvgIpc) is 4.31. The van der Waals surface area contributed by atoms with Crippen LogP contribution < -0.4 is 31.9 Å². The van der Waals surface area contributed by atoms with Crippen LogP contribution in [-0.2, 0) is 39.3 Å². The van der Waals surface area contributed by atoms with Gasteiger partial charge in [0.25, 0.3) is 0 Å². The van der Waals surface area contributed by atoms with E-state index in [9.17, 15) is 0 Å². The molecular weight excluding hydrogens is 1000 g/mol. The summed E-state index contributed by atoms with van der Waals surface area (Å²) in [6, 6.07) is 68.4. The van der Waals surface area contributed by atoms with Crippen LogP contribution in [0.3, 0.4) is 0 Å². The Morgan fingerprint density at radius 1 is 0.208 bits per heavy atom. The molecule has 6 aromatic carbocycles. The molecule has 0 saturated heterocycles. The monoisotopic (exact) mass is 1070 g/mol. The summed E-state index contributed by atoms with van der Waals surface area (Å²) in [5, 5.41) is 22.6. The fraction of sp³-hybridized carbons (Fsp3) is 0.273. The molecule has 394 valence electrons. The van der Waals surface area contributed by atoms with E-state index in [1.54, 1.807) is 0 Å². The maximum Gasteiger partial charge on any atom is 0.0349 e. The fourth-order valence-corrected chi connectivity index (χ4v) is 13.2. The zero-order valence-corrected chi connectivity index (χ0v) is 46.6. The first-order valence-corrected chi connectivity index (χ1v) is 30.1. The van der Waals surface area contributed by atoms with Gasteiger partial charge in [0.15, 0.2) is 0 Å². The second-order valence-electron chi connectivity index (χ2n) is 20.4. The van der Waals surface area contributed by atoms with Crippen molar-refractivity contribution in [2.24, 2.45) is 0 Å². The van der Waals surface area contributed by atoms with E-state index in [1.807, 2.05) is 34.0 Å². The Kier molecular flexibility index (Phi) is 18.7. The van der Waals surface area contributed by atoms with Gasteiger partial charge < -0.3 is 31.9 Å². The minimum Gasteiger partial charge on any atom is -0.311 e. The molecule has 0 saturated carbocycles. The third-order valence-corrected chi connectivity index (χ3v) is 18.4. The molecule has 6 N–H and O–H groups in total. The second kappa shape index (κ2) is 27.1. The first kappa shape index (κ1) is 53.1. The quantitative estimate of drug-likeness (QED) is 0.0897. The van der Waals surface area contributed by atoms with E-state index in [0.29, 0.717) is 0 Å². The normalized spacial score (nSPS) is 17.9. The molecule has 27 aliphatic heterocycles. The predicted molar refractivity (Wildman–Crippen MR) is 329 cm³/mol. The van der Waals surface area contributed by atoms with E-state index in [2.05, 4.69) is 224 Å². The highest BCUT2D eigenvalue weighted by molar-refractivity contribution is 7.19. The lowest BCUT2D eigenvalue weighted by Gasteiger charge is -2.23. The Labute approximate surface area is 468 Å². The zero-order chi connectivity index (χ0) is 51.9. The van der Waals surface area contributed by atoms with Gasteiger partial charge in [-0.2, -0.15) is 0 Å². The molecule has 0 radical (unpaired) electrons. The van der Waals surface area contributed by atoms with E-state index < -0.39 is 0 Å². The van der Waals surface area contributed by atoms with Crippen molar-refractivity contribution in [1.82, 2.24) is 41.7 Å². The van der Waals surface area contributed by atoms with Crippen molar-refractivity contribution in [3.8, 4) is 62.6 Å². The third kappa shape index (κ3) is 15.0. The van der Waals surface area contributed by atoms with Crippen LogP contribution in [0.1, 0.15) is 33.4 Å². The Hall–Kier alpha value is -5.90. The van der Waals surface area contributed by atoms with E-state index in [0.717, 1.165) is 118 Å². The number of nitrogens with one attached hydrogen (secondary N) is 6. The Morgan fingerprint density at radius 3 is 0.519 bits per heavy atom. The Balaban J connectivity index is 0.819. The highest BCUT2D eigenvalue weighted by Gasteiger charge is 2.12. The van der Waals surface area contributed by atoms with Crippen molar-refractivity contribution < 1.29 is 0 Å². The summed E-state index contributed by atoms with van der Waals surface area (Å²) < 4.78 is 0. The summed E-state index contributed by atoms with van der Waals surface area (Å²) in [5.74, 6) is 0. The molecule has 8 nitrogen and oxygen atoms in total. The van der Waals surface area contributed by atoms with Gasteiger partial charge in [-0.15, -0.1) is 34.0 Å². The summed E-state index contributed by atoms with van der Waals surface area (Å²) in [6.45, 7) is 16.5. The molecule has 0 atom stereocenters. The largest absolute Gasteiger partial charge is 0.311 e. The number of benzene rings is 6. The van der Waals surface area contributed by atoms with Gasteiger partial charge >= 0.3 is 0 Å². The van der Waals surface area contributed by atoms with Gasteiger partial charge in [-0.05, 0) is 103 Å². The lowest BCUT2D eigenvalue weighted by atomic mass is 10.1. The molecule has 0 aliphatic carbocycles. The topological polar surface area (TPSA) is 78.7 Å². The first-order chi connectivity index (χ1) is 38.1. The van der Waals surface area contributed by atoms with Gasteiger partial charge in [0.2, 0.25) is 0 Å². The molecule has 0 spiro atoms. The van der Waals surface area contributed by atoms with Crippen LogP contribution in [0.5, 0.6) is 0 Å². The van der Waals surface area contributed by atoms with Crippen LogP contribution in [0.25, 0.3) is 62.6 Å². The summed E-state index contributed by atoms with van der Waals surface area (Å²) in [7, 11) is 0. The summed E-state index contributed by atoms with van der Waals surface area (Å²) in [4.78, 5) is 13.0. The van der Waals surface area contributed by atoms with Crippen LogP contribution >= 0.6 is 34.0 Å². The average molecular weight is 1070 g/mol. The molecule has 9 aromatic rings. The molecule has 0 unspecified atom stereocenters. The van der Waals surface area contributed by atoms with Crippen LogP contribution in [-0.4, -0.2) is 88.3 Å². The van der Waals surface area contributed by atoms with Gasteiger partial charge in [0.05, 0.1) is 0 Å². The maximum atomic E-state index is 3.76. The number of hydrogen-bond donors (Lipinski definition) is 6. The van der Waals surface area contributed by atoms with Crippen molar-refractivity contribution in [1.29, 1.82) is 0 Å². The molecule has 27 aliphatic rings. The standard InChI is InChI=1S/C66H72N8S3/c1-13-55-14-2-49(1)43-67-31-37-73-38-32-68-45-51-5-17-57(18-6-51)63-27-29-65(76-63)59-21-9-53(10-22-59)47-71-35-41-74(40-34-70-44-50-3-15-56(16-4-50)62-26-25-61(55)75-62)42-36-72-48-54-11-23-60(24-12-54)66-30-28-64(77-66)58-19-7-52(8-20-58)46-69-33-39-73/h1-30,67-72H,31-48H2. The molecule has 0 amide bonds. The molecule has 11 heteroatoms. The molecule has 20 bridgehead atoms. The van der Waals surface area contributed by atoms with Crippen molar-refractivity contribution in [2.75, 3.05) is 78.5 Å². The lowest BCUT2D eigenvalue weighted by Crippen LogP contribution is -2.40. The van der Waals surface area contributed by atoms with Gasteiger partial charge in [0, 0.05) is 147 Å². The van der Waals surface area contributed by atoms with Crippen LogP contribution in [0.4, 0.5) is 0 Å². The predicted octanol–water partition coefficient (Wildman–Crippen LogP) is 12.4. The van der Waals surface area contributed by atoms with E-state index in [-0.39, 0.29) is 0 Å². The summed E-state index contributed by atoms with van der Waals surface area (Å²) in [5.41, 5.74) is 15.5. The molecule has 0 fully saturated rings. The molecule has 30 heterocycles. The van der Waals surface area contributed by atoms with Gasteiger partial charge in [-0.1, -0.05) is 146 Å². The first-order valence-electron chi connectivity index (χ1n) is 27.6. The maximum absolute atomic E-state index is 3.76. The molecule has 77 heavy (non-hydrogen) atoms. The van der Waals surface area contributed by atoms with E-state index in [1.165, 1.54) is 96.0 Å².